The molecule has 0 radical (unpaired) electrons. The third kappa shape index (κ3) is 7.10. The lowest BCUT2D eigenvalue weighted by Crippen LogP contribution is -2.55. The Morgan fingerprint density at radius 3 is 2.39 bits per heavy atom. The fourth-order valence-corrected chi connectivity index (χ4v) is 4.37. The Kier molecular flexibility index (Phi) is 8.29. The summed E-state index contributed by atoms with van der Waals surface area (Å²) in [4.78, 5) is 2.07. The zero-order valence-corrected chi connectivity index (χ0v) is 20.8. The topological polar surface area (TPSA) is 75.7 Å². The van der Waals surface area contributed by atoms with E-state index in [1.807, 2.05) is 72.8 Å². The first-order valence-electron chi connectivity index (χ1n) is 9.80. The molecule has 3 aromatic rings. The van der Waals surface area contributed by atoms with Crippen LogP contribution >= 0.6 is 46.0 Å². The molecule has 0 amide bonds. The second-order valence-electron chi connectivity index (χ2n) is 7.61. The van der Waals surface area contributed by atoms with Crippen molar-refractivity contribution in [3.8, 4) is 5.75 Å². The molecular formula is C24H25ClINO3S. The summed E-state index contributed by atoms with van der Waals surface area (Å²) in [6.45, 7) is 2.14. The minimum Gasteiger partial charge on any atom is -0.489 e. The fourth-order valence-electron chi connectivity index (χ4n) is 2.85. The van der Waals surface area contributed by atoms with Crippen LogP contribution in [0.1, 0.15) is 24.5 Å². The lowest BCUT2D eigenvalue weighted by atomic mass is 9.93. The van der Waals surface area contributed by atoms with Gasteiger partial charge in [0.1, 0.15) is 12.4 Å². The van der Waals surface area contributed by atoms with Crippen molar-refractivity contribution in [1.29, 1.82) is 0 Å². The van der Waals surface area contributed by atoms with Gasteiger partial charge < -0.3 is 20.7 Å². The Hall–Kier alpha value is -1.29. The van der Waals surface area contributed by atoms with Crippen LogP contribution in [-0.2, 0) is 13.0 Å². The summed E-state index contributed by atoms with van der Waals surface area (Å²) >= 11 is 9.63. The van der Waals surface area contributed by atoms with E-state index in [0.717, 1.165) is 26.7 Å². The number of halogens is 2. The zero-order valence-electron chi connectivity index (χ0n) is 17.1. The van der Waals surface area contributed by atoms with E-state index in [1.165, 1.54) is 22.6 Å². The molecule has 1 unspecified atom stereocenters. The Balaban J connectivity index is 1.62. The highest BCUT2D eigenvalue weighted by Crippen LogP contribution is 2.34. The number of hydrogen-bond donors (Lipinski definition) is 3. The number of benzene rings is 3. The van der Waals surface area contributed by atoms with Crippen LogP contribution in [0.2, 0.25) is 5.02 Å². The first-order chi connectivity index (χ1) is 14.6. The van der Waals surface area contributed by atoms with E-state index in [9.17, 15) is 10.2 Å². The Bertz CT molecular complexity index is 1010. The molecule has 7 heteroatoms. The van der Waals surface area contributed by atoms with Gasteiger partial charge >= 0.3 is 0 Å². The number of rotatable bonds is 9. The van der Waals surface area contributed by atoms with Crippen molar-refractivity contribution in [3.05, 3.63) is 88.9 Å². The highest BCUT2D eigenvalue weighted by atomic mass is 127. The van der Waals surface area contributed by atoms with Gasteiger partial charge in [-0.15, -0.1) is 0 Å². The van der Waals surface area contributed by atoms with Crippen molar-refractivity contribution in [2.45, 2.75) is 45.5 Å². The van der Waals surface area contributed by atoms with Gasteiger partial charge in [-0.2, -0.15) is 0 Å². The average molecular weight is 570 g/mol. The number of aliphatic hydroxyl groups is 2. The normalized spacial score (nSPS) is 13.6. The van der Waals surface area contributed by atoms with Crippen molar-refractivity contribution < 1.29 is 14.9 Å². The summed E-state index contributed by atoms with van der Waals surface area (Å²) in [6.07, 6.45) is 0.932. The average Bonchev–Trinajstić information content (AvgIpc) is 2.72. The fraction of sp³-hybridized carbons (Fsp3) is 0.250. The molecule has 0 aliphatic carbocycles. The number of nitrogens with two attached hydrogens (primary N) is 1. The zero-order chi connectivity index (χ0) is 22.5. The van der Waals surface area contributed by atoms with E-state index in [1.54, 1.807) is 18.7 Å². The molecule has 0 heterocycles. The van der Waals surface area contributed by atoms with Crippen molar-refractivity contribution in [3.63, 3.8) is 0 Å². The van der Waals surface area contributed by atoms with Crippen molar-refractivity contribution in [2.75, 3.05) is 0 Å². The summed E-state index contributed by atoms with van der Waals surface area (Å²) in [5.74, 6) is 0.814. The summed E-state index contributed by atoms with van der Waals surface area (Å²) in [5, 5.41) is 20.2. The van der Waals surface area contributed by atoms with Gasteiger partial charge in [0.2, 0.25) is 3.79 Å². The summed E-state index contributed by atoms with van der Waals surface area (Å²) < 4.78 is 3.93. The van der Waals surface area contributed by atoms with Crippen LogP contribution in [0.25, 0.3) is 0 Å². The number of alkyl halides is 1. The smallest absolute Gasteiger partial charge is 0.234 e. The molecule has 164 valence electrons. The maximum atomic E-state index is 9.80. The van der Waals surface area contributed by atoms with Gasteiger partial charge in [-0.3, -0.25) is 0 Å². The maximum absolute atomic E-state index is 9.80. The molecule has 4 N–H and O–H groups in total. The second-order valence-corrected chi connectivity index (χ2v) is 10.7. The largest absolute Gasteiger partial charge is 0.489 e. The third-order valence-corrected chi connectivity index (χ3v) is 7.52. The van der Waals surface area contributed by atoms with E-state index < -0.39 is 9.33 Å². The highest BCUT2D eigenvalue weighted by Gasteiger charge is 2.39. The van der Waals surface area contributed by atoms with Crippen LogP contribution in [0.15, 0.2) is 82.6 Å². The molecule has 0 bridgehead atoms. The maximum Gasteiger partial charge on any atom is 0.234 e. The van der Waals surface area contributed by atoms with E-state index in [-0.39, 0.29) is 0 Å². The van der Waals surface area contributed by atoms with Gasteiger partial charge in [-0.1, -0.05) is 65.8 Å². The molecule has 0 saturated heterocycles. The first-order valence-corrected chi connectivity index (χ1v) is 12.1. The van der Waals surface area contributed by atoms with Crippen LogP contribution in [0.3, 0.4) is 0 Å². The predicted octanol–water partition coefficient (Wildman–Crippen LogP) is 5.79. The Morgan fingerprint density at radius 2 is 1.71 bits per heavy atom. The van der Waals surface area contributed by atoms with Gasteiger partial charge in [0.25, 0.3) is 0 Å². The second kappa shape index (κ2) is 10.6. The Labute approximate surface area is 205 Å². The molecule has 3 rings (SSSR count). The number of hydrogen-bond acceptors (Lipinski definition) is 5. The molecule has 0 aromatic heterocycles. The van der Waals surface area contributed by atoms with E-state index in [2.05, 4.69) is 0 Å². The predicted molar refractivity (Wildman–Crippen MR) is 135 cm³/mol. The molecule has 0 fully saturated rings. The molecule has 3 aromatic carbocycles. The van der Waals surface area contributed by atoms with Crippen molar-refractivity contribution >= 4 is 46.0 Å². The molecule has 0 aliphatic heterocycles. The van der Waals surface area contributed by atoms with E-state index in [0.29, 0.717) is 24.5 Å². The lowest BCUT2D eigenvalue weighted by molar-refractivity contribution is -0.110. The SMILES string of the molecule is CC(N)(CCc1ccc(Sc2cccc(OCc3ccccc3)c2)cc1Cl)C(O)(O)I. The number of ether oxygens (including phenoxy) is 1. The van der Waals surface area contributed by atoms with Gasteiger partial charge in [0.05, 0.1) is 5.54 Å². The van der Waals surface area contributed by atoms with Crippen LogP contribution in [0, 0.1) is 0 Å². The lowest BCUT2D eigenvalue weighted by Gasteiger charge is -2.33. The van der Waals surface area contributed by atoms with Crippen molar-refractivity contribution in [1.82, 2.24) is 0 Å². The monoisotopic (exact) mass is 569 g/mol. The van der Waals surface area contributed by atoms with Crippen LogP contribution in [-0.4, -0.2) is 19.5 Å². The summed E-state index contributed by atoms with van der Waals surface area (Å²) in [5.41, 5.74) is 6.93. The van der Waals surface area contributed by atoms with Crippen LogP contribution in [0.5, 0.6) is 5.75 Å². The van der Waals surface area contributed by atoms with Crippen LogP contribution in [0.4, 0.5) is 0 Å². The van der Waals surface area contributed by atoms with E-state index in [4.69, 9.17) is 22.1 Å². The summed E-state index contributed by atoms with van der Waals surface area (Å²) in [6, 6.07) is 23.9. The Morgan fingerprint density at radius 1 is 1.00 bits per heavy atom. The molecule has 0 spiro atoms. The molecular weight excluding hydrogens is 545 g/mol. The minimum absolute atomic E-state index is 0.385. The molecule has 0 aliphatic rings. The molecule has 0 saturated carbocycles. The standard InChI is InChI=1S/C24H25ClINO3S/c1-23(27,24(26,28)29)13-12-18-10-11-21(15-22(18)25)31-20-9-5-8-19(14-20)30-16-17-6-3-2-4-7-17/h2-11,14-15,28-29H,12-13,16,27H2,1H3. The van der Waals surface area contributed by atoms with Crippen LogP contribution < -0.4 is 10.5 Å². The molecule has 1 atom stereocenters. The third-order valence-electron chi connectivity index (χ3n) is 4.95. The quantitative estimate of drug-likeness (QED) is 0.173. The molecule has 31 heavy (non-hydrogen) atoms. The van der Waals surface area contributed by atoms with E-state index >= 15 is 0 Å². The molecule has 4 nitrogen and oxygen atoms in total. The minimum atomic E-state index is -1.99. The van der Waals surface area contributed by atoms with Gasteiger partial charge in [0.15, 0.2) is 0 Å². The van der Waals surface area contributed by atoms with Gasteiger partial charge in [-0.25, -0.2) is 0 Å². The van der Waals surface area contributed by atoms with Gasteiger partial charge in [-0.05, 0) is 83.8 Å². The summed E-state index contributed by atoms with van der Waals surface area (Å²) in [7, 11) is 0. The van der Waals surface area contributed by atoms with Crippen molar-refractivity contribution in [2.24, 2.45) is 5.73 Å². The highest BCUT2D eigenvalue weighted by molar-refractivity contribution is 14.1. The van der Waals surface area contributed by atoms with Gasteiger partial charge in [0, 0.05) is 14.8 Å². The first kappa shape index (κ1) is 24.4. The number of aryl methyl sites for hydroxylation is 1.